The van der Waals surface area contributed by atoms with Crippen LogP contribution in [-0.4, -0.2) is 49.0 Å². The topological polar surface area (TPSA) is 138 Å². The largest absolute Gasteiger partial charge is 0.468 e. The van der Waals surface area contributed by atoms with Crippen LogP contribution < -0.4 is 11.1 Å². The maximum absolute atomic E-state index is 12.6. The first-order chi connectivity index (χ1) is 13.3. The Kier molecular flexibility index (Phi) is 6.64. The van der Waals surface area contributed by atoms with E-state index in [9.17, 15) is 19.2 Å². The Labute approximate surface area is 161 Å². The highest BCUT2D eigenvalue weighted by Gasteiger charge is 2.41. The van der Waals surface area contributed by atoms with Crippen LogP contribution in [0.4, 0.5) is 0 Å². The van der Waals surface area contributed by atoms with Gasteiger partial charge in [0.1, 0.15) is 11.7 Å². The molecule has 2 amide bonds. The number of nitrogens with two attached hydrogens (primary N) is 1. The lowest BCUT2D eigenvalue weighted by Gasteiger charge is -2.26. The summed E-state index contributed by atoms with van der Waals surface area (Å²) < 4.78 is 9.21. The number of benzene rings is 1. The number of methoxy groups -OCH3 is 2. The van der Waals surface area contributed by atoms with Gasteiger partial charge in [0.2, 0.25) is 5.91 Å². The molecule has 9 heteroatoms. The third kappa shape index (κ3) is 4.43. The Morgan fingerprint density at radius 3 is 2.18 bits per heavy atom. The molecule has 0 aliphatic heterocycles. The van der Waals surface area contributed by atoms with Crippen LogP contribution in [0.5, 0.6) is 0 Å². The highest BCUT2D eigenvalue weighted by atomic mass is 16.5. The molecule has 0 unspecified atom stereocenters. The number of nitrogens with zero attached hydrogens (tertiary/aromatic N) is 1. The van der Waals surface area contributed by atoms with E-state index in [0.717, 1.165) is 19.6 Å². The molecule has 0 aliphatic rings. The highest BCUT2D eigenvalue weighted by Crippen LogP contribution is 2.20. The summed E-state index contributed by atoms with van der Waals surface area (Å²) in [7, 11) is 2.20. The molecule has 9 nitrogen and oxygen atoms in total. The van der Waals surface area contributed by atoms with Gasteiger partial charge in [-0.15, -0.1) is 0 Å². The van der Waals surface area contributed by atoms with E-state index >= 15 is 0 Å². The van der Waals surface area contributed by atoms with Gasteiger partial charge in [-0.1, -0.05) is 31.2 Å². The van der Waals surface area contributed by atoms with Gasteiger partial charge in [0.25, 0.3) is 5.91 Å². The minimum Gasteiger partial charge on any atom is -0.468 e. The number of carbonyl (C=O) groups excluding carboxylic acids is 4. The number of aromatic nitrogens is 1. The van der Waals surface area contributed by atoms with Gasteiger partial charge in [-0.3, -0.25) is 19.2 Å². The molecule has 0 bridgehead atoms. The van der Waals surface area contributed by atoms with Gasteiger partial charge in [0.05, 0.1) is 19.7 Å². The van der Waals surface area contributed by atoms with Crippen molar-refractivity contribution in [2.75, 3.05) is 14.2 Å². The van der Waals surface area contributed by atoms with E-state index in [-0.39, 0.29) is 5.69 Å². The molecule has 0 saturated carbocycles. The molecule has 0 spiro atoms. The fraction of sp³-hybridized carbons (Fsp3) is 0.316. The molecule has 3 N–H and O–H groups in total. The normalized spacial score (nSPS) is 12.9. The van der Waals surface area contributed by atoms with E-state index < -0.39 is 41.6 Å². The number of ether oxygens (including phenoxy) is 2. The molecule has 0 fully saturated rings. The van der Waals surface area contributed by atoms with Crippen LogP contribution in [0.3, 0.4) is 0 Å². The maximum atomic E-state index is 12.6. The summed E-state index contributed by atoms with van der Waals surface area (Å²) >= 11 is 0. The van der Waals surface area contributed by atoms with Crippen molar-refractivity contribution in [3.05, 3.63) is 42.1 Å². The van der Waals surface area contributed by atoms with E-state index in [0.29, 0.717) is 5.52 Å². The van der Waals surface area contributed by atoms with Gasteiger partial charge < -0.3 is 20.5 Å². The highest BCUT2D eigenvalue weighted by molar-refractivity contribution is 5.99. The summed E-state index contributed by atoms with van der Waals surface area (Å²) in [5.74, 6) is -5.83. The minimum atomic E-state index is -1.43. The second kappa shape index (κ2) is 8.94. The van der Waals surface area contributed by atoms with Crippen LogP contribution in [0.15, 0.2) is 36.4 Å². The van der Waals surface area contributed by atoms with Crippen molar-refractivity contribution >= 4 is 34.7 Å². The number of para-hydroxylation sites is 1. The van der Waals surface area contributed by atoms with Crippen molar-refractivity contribution in [3.8, 4) is 0 Å². The molecule has 0 saturated heterocycles. The monoisotopic (exact) mass is 387 g/mol. The Balaban J connectivity index is 2.29. The zero-order chi connectivity index (χ0) is 20.8. The predicted molar refractivity (Wildman–Crippen MR) is 98.9 cm³/mol. The number of esters is 2. The lowest BCUT2D eigenvalue weighted by atomic mass is 9.86. The van der Waals surface area contributed by atoms with Crippen LogP contribution in [0.1, 0.15) is 17.4 Å². The van der Waals surface area contributed by atoms with Crippen molar-refractivity contribution in [1.82, 2.24) is 10.3 Å². The number of hydrogen-bond acceptors (Lipinski definition) is 7. The predicted octanol–water partition coefficient (Wildman–Crippen LogP) is 0.417. The number of fused-ring (bicyclic) bond motifs is 1. The molecule has 1 aromatic heterocycles. The number of primary amides is 1. The molecule has 28 heavy (non-hydrogen) atoms. The summed E-state index contributed by atoms with van der Waals surface area (Å²) in [5.41, 5.74) is 6.06. The van der Waals surface area contributed by atoms with Gasteiger partial charge in [0, 0.05) is 11.3 Å². The van der Waals surface area contributed by atoms with Gasteiger partial charge in [-0.25, -0.2) is 4.98 Å². The lowest BCUT2D eigenvalue weighted by Crippen LogP contribution is -2.53. The summed E-state index contributed by atoms with van der Waals surface area (Å²) in [6.07, 6.45) is 0. The SMILES string of the molecule is COC(=O)C(C(=O)OC)[C@H](C)[C@@H](NC(=O)c1ccc2ccccc2n1)C(N)=O. The first-order valence-electron chi connectivity index (χ1n) is 8.41. The van der Waals surface area contributed by atoms with Crippen molar-refractivity contribution in [3.63, 3.8) is 0 Å². The zero-order valence-electron chi connectivity index (χ0n) is 15.7. The number of hydrogen-bond donors (Lipinski definition) is 2. The van der Waals surface area contributed by atoms with Gasteiger partial charge in [-0.05, 0) is 12.1 Å². The van der Waals surface area contributed by atoms with Crippen molar-refractivity contribution in [2.45, 2.75) is 13.0 Å². The number of rotatable bonds is 7. The number of amides is 2. The fourth-order valence-electron chi connectivity index (χ4n) is 2.84. The number of pyridine rings is 1. The maximum Gasteiger partial charge on any atom is 0.320 e. The van der Waals surface area contributed by atoms with Crippen LogP contribution in [0, 0.1) is 11.8 Å². The van der Waals surface area contributed by atoms with Crippen LogP contribution in [-0.2, 0) is 23.9 Å². The van der Waals surface area contributed by atoms with Gasteiger partial charge >= 0.3 is 11.9 Å². The molecule has 148 valence electrons. The third-order valence-corrected chi connectivity index (χ3v) is 4.39. The second-order valence-electron chi connectivity index (χ2n) is 6.13. The van der Waals surface area contributed by atoms with Crippen LogP contribution in [0.25, 0.3) is 10.9 Å². The molecule has 2 atom stereocenters. The summed E-state index contributed by atoms with van der Waals surface area (Å²) in [6.45, 7) is 1.42. The van der Waals surface area contributed by atoms with Gasteiger partial charge in [-0.2, -0.15) is 0 Å². The van der Waals surface area contributed by atoms with E-state index in [4.69, 9.17) is 5.73 Å². The van der Waals surface area contributed by atoms with Crippen LogP contribution >= 0.6 is 0 Å². The first-order valence-corrected chi connectivity index (χ1v) is 8.41. The third-order valence-electron chi connectivity index (χ3n) is 4.39. The summed E-state index contributed by atoms with van der Waals surface area (Å²) in [6, 6.07) is 9.09. The summed E-state index contributed by atoms with van der Waals surface area (Å²) in [5, 5.41) is 3.29. The first kappa shape index (κ1) is 20.8. The molecule has 2 rings (SSSR count). The van der Waals surface area contributed by atoms with Crippen LogP contribution in [0.2, 0.25) is 0 Å². The molecule has 1 aromatic carbocycles. The van der Waals surface area contributed by atoms with Crippen molar-refractivity contribution in [1.29, 1.82) is 0 Å². The molecule has 2 aromatic rings. The number of nitrogens with one attached hydrogen (secondary N) is 1. The molecular weight excluding hydrogens is 366 g/mol. The Bertz CT molecular complexity index is 897. The van der Waals surface area contributed by atoms with Crippen molar-refractivity contribution in [2.24, 2.45) is 17.6 Å². The standard InChI is InChI=1S/C19H21N3O6/c1-10(14(18(25)27-2)19(26)28-3)15(16(20)23)22-17(24)13-9-8-11-6-4-5-7-12(11)21-13/h4-10,14-15H,1-3H3,(H2,20,23)(H,22,24)/t10-,15+/m0/s1. The average molecular weight is 387 g/mol. The molecule has 1 heterocycles. The molecular formula is C19H21N3O6. The minimum absolute atomic E-state index is 0.0600. The number of carbonyl (C=O) groups is 4. The van der Waals surface area contributed by atoms with E-state index in [1.807, 2.05) is 12.1 Å². The summed E-state index contributed by atoms with van der Waals surface area (Å²) in [4.78, 5) is 52.7. The Morgan fingerprint density at radius 1 is 1.00 bits per heavy atom. The van der Waals surface area contributed by atoms with Gasteiger partial charge in [0.15, 0.2) is 5.92 Å². The van der Waals surface area contributed by atoms with E-state index in [1.165, 1.54) is 13.0 Å². The lowest BCUT2D eigenvalue weighted by molar-refractivity contribution is -0.161. The quantitative estimate of drug-likeness (QED) is 0.518. The molecule has 0 radical (unpaired) electrons. The Hall–Kier alpha value is -3.49. The van der Waals surface area contributed by atoms with Crippen molar-refractivity contribution < 1.29 is 28.7 Å². The Morgan fingerprint density at radius 2 is 1.61 bits per heavy atom. The fourth-order valence-corrected chi connectivity index (χ4v) is 2.84. The molecule has 0 aliphatic carbocycles. The second-order valence-corrected chi connectivity index (χ2v) is 6.13. The average Bonchev–Trinajstić information content (AvgIpc) is 2.70. The zero-order valence-corrected chi connectivity index (χ0v) is 15.7. The van der Waals surface area contributed by atoms with E-state index in [1.54, 1.807) is 18.2 Å². The van der Waals surface area contributed by atoms with E-state index in [2.05, 4.69) is 19.8 Å². The smallest absolute Gasteiger partial charge is 0.320 e.